The Morgan fingerprint density at radius 3 is 2.23 bits per heavy atom. The maximum absolute atomic E-state index is 10.5. The molecule has 1 heterocycles. The van der Waals surface area contributed by atoms with Gasteiger partial charge in [-0.25, -0.2) is 0 Å². The number of aliphatic hydroxyl groups excluding tert-OH is 1. The van der Waals surface area contributed by atoms with Crippen molar-refractivity contribution in [3.05, 3.63) is 54.1 Å². The fourth-order valence-corrected chi connectivity index (χ4v) is 3.08. The van der Waals surface area contributed by atoms with Crippen LogP contribution in [0.1, 0.15) is 24.5 Å². The minimum atomic E-state index is -0.377. The third kappa shape index (κ3) is 3.32. The van der Waals surface area contributed by atoms with Gasteiger partial charge in [-0.1, -0.05) is 36.4 Å². The Hall–Kier alpha value is -1.84. The highest BCUT2D eigenvalue weighted by atomic mass is 16.5. The van der Waals surface area contributed by atoms with Gasteiger partial charge in [0.25, 0.3) is 0 Å². The minimum absolute atomic E-state index is 0.320. The van der Waals surface area contributed by atoms with Gasteiger partial charge < -0.3 is 15.2 Å². The highest BCUT2D eigenvalue weighted by molar-refractivity contribution is 5.64. The standard InChI is InChI=1S/C19H23NO2/c1-22-18-10-8-15(9-11-18)14-4-6-16(7-5-14)19(21)17-3-2-12-20-13-17/h4-11,17,19-21H,2-3,12-13H2,1H3. The predicted octanol–water partition coefficient (Wildman–Crippen LogP) is 3.40. The summed E-state index contributed by atoms with van der Waals surface area (Å²) in [5.74, 6) is 1.18. The van der Waals surface area contributed by atoms with Gasteiger partial charge in [-0.05, 0) is 48.2 Å². The molecule has 2 aromatic carbocycles. The zero-order valence-electron chi connectivity index (χ0n) is 13.0. The van der Waals surface area contributed by atoms with Crippen LogP contribution in [0.5, 0.6) is 5.75 Å². The van der Waals surface area contributed by atoms with Crippen molar-refractivity contribution in [2.75, 3.05) is 20.2 Å². The Labute approximate surface area is 131 Å². The van der Waals surface area contributed by atoms with Crippen LogP contribution in [0, 0.1) is 5.92 Å². The molecule has 2 aromatic rings. The van der Waals surface area contributed by atoms with Crippen molar-refractivity contribution in [3.63, 3.8) is 0 Å². The second-order valence-electron chi connectivity index (χ2n) is 5.90. The summed E-state index contributed by atoms with van der Waals surface area (Å²) in [5, 5.41) is 13.9. The van der Waals surface area contributed by atoms with E-state index in [1.807, 2.05) is 24.3 Å². The van der Waals surface area contributed by atoms with E-state index in [0.29, 0.717) is 5.92 Å². The van der Waals surface area contributed by atoms with Gasteiger partial charge in [-0.15, -0.1) is 0 Å². The molecule has 116 valence electrons. The van der Waals surface area contributed by atoms with Gasteiger partial charge in [-0.2, -0.15) is 0 Å². The SMILES string of the molecule is COc1ccc(-c2ccc(C(O)C3CCCNC3)cc2)cc1. The van der Waals surface area contributed by atoms with Gasteiger partial charge in [0.1, 0.15) is 5.75 Å². The maximum Gasteiger partial charge on any atom is 0.118 e. The van der Waals surface area contributed by atoms with Crippen LogP contribution >= 0.6 is 0 Å². The van der Waals surface area contributed by atoms with E-state index in [1.165, 1.54) is 0 Å². The third-order valence-electron chi connectivity index (χ3n) is 4.46. The number of aliphatic hydroxyl groups is 1. The molecule has 0 aromatic heterocycles. The highest BCUT2D eigenvalue weighted by Crippen LogP contribution is 2.29. The van der Waals surface area contributed by atoms with Gasteiger partial charge >= 0.3 is 0 Å². The second kappa shape index (κ2) is 6.95. The van der Waals surface area contributed by atoms with Crippen LogP contribution in [-0.2, 0) is 0 Å². The maximum atomic E-state index is 10.5. The Balaban J connectivity index is 1.73. The number of nitrogens with one attached hydrogen (secondary N) is 1. The predicted molar refractivity (Wildman–Crippen MR) is 89.0 cm³/mol. The van der Waals surface area contributed by atoms with Crippen molar-refractivity contribution in [2.24, 2.45) is 5.92 Å². The first-order valence-electron chi connectivity index (χ1n) is 7.91. The molecule has 0 spiro atoms. The van der Waals surface area contributed by atoms with Gasteiger partial charge in [0.2, 0.25) is 0 Å². The van der Waals surface area contributed by atoms with Crippen LogP contribution in [-0.4, -0.2) is 25.3 Å². The van der Waals surface area contributed by atoms with E-state index in [0.717, 1.165) is 48.4 Å². The first-order valence-corrected chi connectivity index (χ1v) is 7.91. The molecule has 3 heteroatoms. The van der Waals surface area contributed by atoms with Crippen molar-refractivity contribution < 1.29 is 9.84 Å². The summed E-state index contributed by atoms with van der Waals surface area (Å²) in [7, 11) is 1.67. The van der Waals surface area contributed by atoms with Crippen molar-refractivity contribution in [1.29, 1.82) is 0 Å². The molecule has 1 saturated heterocycles. The lowest BCUT2D eigenvalue weighted by Crippen LogP contribution is -2.33. The molecule has 2 N–H and O–H groups in total. The topological polar surface area (TPSA) is 41.5 Å². The van der Waals surface area contributed by atoms with E-state index in [1.54, 1.807) is 7.11 Å². The van der Waals surface area contributed by atoms with Gasteiger partial charge in [0.15, 0.2) is 0 Å². The quantitative estimate of drug-likeness (QED) is 0.909. The van der Waals surface area contributed by atoms with Gasteiger partial charge in [0, 0.05) is 12.5 Å². The molecule has 3 nitrogen and oxygen atoms in total. The number of benzene rings is 2. The molecule has 2 atom stereocenters. The van der Waals surface area contributed by atoms with E-state index in [4.69, 9.17) is 4.74 Å². The first-order chi connectivity index (χ1) is 10.8. The number of piperidine rings is 1. The molecule has 0 amide bonds. The number of rotatable bonds is 4. The lowest BCUT2D eigenvalue weighted by atomic mass is 9.89. The average Bonchev–Trinajstić information content (AvgIpc) is 2.62. The molecule has 1 aliphatic heterocycles. The summed E-state index contributed by atoms with van der Waals surface area (Å²) in [6, 6.07) is 16.3. The number of ether oxygens (including phenoxy) is 1. The van der Waals surface area contributed by atoms with Crippen LogP contribution in [0.25, 0.3) is 11.1 Å². The van der Waals surface area contributed by atoms with Crippen molar-refractivity contribution in [2.45, 2.75) is 18.9 Å². The molecule has 1 fully saturated rings. The lowest BCUT2D eigenvalue weighted by Gasteiger charge is -2.27. The molecule has 1 aliphatic rings. The minimum Gasteiger partial charge on any atom is -0.497 e. The molecular formula is C19H23NO2. The Morgan fingerprint density at radius 2 is 1.68 bits per heavy atom. The van der Waals surface area contributed by atoms with Crippen LogP contribution in [0.3, 0.4) is 0 Å². The fraction of sp³-hybridized carbons (Fsp3) is 0.368. The van der Waals surface area contributed by atoms with E-state index in [2.05, 4.69) is 29.6 Å². The monoisotopic (exact) mass is 297 g/mol. The van der Waals surface area contributed by atoms with Crippen LogP contribution < -0.4 is 10.1 Å². The van der Waals surface area contributed by atoms with Crippen molar-refractivity contribution in [1.82, 2.24) is 5.32 Å². The van der Waals surface area contributed by atoms with Gasteiger partial charge in [0.05, 0.1) is 13.2 Å². The Morgan fingerprint density at radius 1 is 1.05 bits per heavy atom. The number of hydrogen-bond acceptors (Lipinski definition) is 3. The lowest BCUT2D eigenvalue weighted by molar-refractivity contribution is 0.0922. The highest BCUT2D eigenvalue weighted by Gasteiger charge is 2.22. The zero-order chi connectivity index (χ0) is 15.4. The number of methoxy groups -OCH3 is 1. The summed E-state index contributed by atoms with van der Waals surface area (Å²) in [6.45, 7) is 1.97. The third-order valence-corrected chi connectivity index (χ3v) is 4.46. The molecule has 3 rings (SSSR count). The molecule has 0 radical (unpaired) electrons. The van der Waals surface area contributed by atoms with Crippen molar-refractivity contribution in [3.8, 4) is 16.9 Å². The molecule has 22 heavy (non-hydrogen) atoms. The summed E-state index contributed by atoms with van der Waals surface area (Å²) in [6.07, 6.45) is 1.86. The second-order valence-corrected chi connectivity index (χ2v) is 5.90. The molecule has 2 unspecified atom stereocenters. The molecule has 0 aliphatic carbocycles. The van der Waals surface area contributed by atoms with Crippen LogP contribution in [0.4, 0.5) is 0 Å². The van der Waals surface area contributed by atoms with E-state index in [-0.39, 0.29) is 6.10 Å². The van der Waals surface area contributed by atoms with E-state index in [9.17, 15) is 5.11 Å². The van der Waals surface area contributed by atoms with Crippen LogP contribution in [0.2, 0.25) is 0 Å². The summed E-state index contributed by atoms with van der Waals surface area (Å²) >= 11 is 0. The molecular weight excluding hydrogens is 274 g/mol. The average molecular weight is 297 g/mol. The number of hydrogen-bond donors (Lipinski definition) is 2. The fourth-order valence-electron chi connectivity index (χ4n) is 3.08. The van der Waals surface area contributed by atoms with E-state index >= 15 is 0 Å². The van der Waals surface area contributed by atoms with E-state index < -0.39 is 0 Å². The van der Waals surface area contributed by atoms with Gasteiger partial charge in [-0.3, -0.25) is 0 Å². The Bertz CT molecular complexity index is 586. The Kier molecular flexibility index (Phi) is 4.76. The summed E-state index contributed by atoms with van der Waals surface area (Å²) < 4.78 is 5.18. The smallest absolute Gasteiger partial charge is 0.118 e. The normalized spacial score (nSPS) is 19.6. The zero-order valence-corrected chi connectivity index (χ0v) is 13.0. The summed E-state index contributed by atoms with van der Waals surface area (Å²) in [5.41, 5.74) is 3.31. The summed E-state index contributed by atoms with van der Waals surface area (Å²) in [4.78, 5) is 0. The largest absolute Gasteiger partial charge is 0.497 e. The molecule has 0 saturated carbocycles. The van der Waals surface area contributed by atoms with Crippen molar-refractivity contribution >= 4 is 0 Å². The first kappa shape index (κ1) is 15.1. The van der Waals surface area contributed by atoms with Crippen LogP contribution in [0.15, 0.2) is 48.5 Å². The molecule has 0 bridgehead atoms.